The van der Waals surface area contributed by atoms with E-state index in [9.17, 15) is 67.1 Å². The van der Waals surface area contributed by atoms with Crippen molar-refractivity contribution in [2.75, 3.05) is 13.7 Å². The summed E-state index contributed by atoms with van der Waals surface area (Å²) in [6, 6.07) is 0. The van der Waals surface area contributed by atoms with Crippen LogP contribution < -0.4 is 0 Å². The van der Waals surface area contributed by atoms with E-state index in [0.29, 0.717) is 57.8 Å². The Morgan fingerprint density at radius 1 is 0.376 bits per heavy atom. The smallest absolute Gasteiger partial charge is 0.312 e. The molecule has 0 aromatic heterocycles. The predicted molar refractivity (Wildman–Crippen MR) is 370 cm³/mol. The summed E-state index contributed by atoms with van der Waals surface area (Å²) in [6.45, 7) is 26.1. The zero-order valence-electron chi connectivity index (χ0n) is 65.2. The molecule has 16 aliphatic rings. The molecule has 0 aromatic rings. The Kier molecular flexibility index (Phi) is 24.0. The fraction of sp³-hybridized carbons (Fsp3) is 0.825. The van der Waals surface area contributed by atoms with E-state index in [1.165, 1.54) is 7.11 Å². The fourth-order valence-electron chi connectivity index (χ4n) is 20.3. The van der Waals surface area contributed by atoms with E-state index >= 15 is 0 Å². The highest BCUT2D eigenvalue weighted by molar-refractivity contribution is 5.90. The monoisotopic (exact) mass is 1530 g/mol. The normalized spacial score (nSPS) is 40.2. The minimum absolute atomic E-state index is 0.0200. The van der Waals surface area contributed by atoms with Gasteiger partial charge in [-0.3, -0.25) is 67.1 Å². The second-order valence-corrected chi connectivity index (χ2v) is 34.2. The maximum Gasteiger partial charge on any atom is 0.312 e. The van der Waals surface area contributed by atoms with Crippen molar-refractivity contribution in [2.45, 2.75) is 272 Å². The second-order valence-electron chi connectivity index (χ2n) is 34.2. The molecule has 0 spiro atoms. The highest BCUT2D eigenvalue weighted by Gasteiger charge is 2.75. The van der Waals surface area contributed by atoms with E-state index in [2.05, 4.69) is 0 Å². The molecule has 16 fully saturated rings. The van der Waals surface area contributed by atoms with Gasteiger partial charge in [0, 0.05) is 47.3 Å². The molecular formula is C80H110O29. The number of hydrogen-bond acceptors (Lipinski definition) is 29. The summed E-state index contributed by atoms with van der Waals surface area (Å²) in [6.07, 6.45) is 6.04. The Morgan fingerprint density at radius 2 is 0.688 bits per heavy atom. The Balaban J connectivity index is 0.000000128. The van der Waals surface area contributed by atoms with Crippen molar-refractivity contribution in [2.24, 2.45) is 130 Å². The zero-order chi connectivity index (χ0) is 79.0. The van der Waals surface area contributed by atoms with Crippen molar-refractivity contribution in [3.05, 3.63) is 0 Å². The highest BCUT2D eigenvalue weighted by Crippen LogP contribution is 2.63. The molecule has 9 saturated carbocycles. The number of hydrogen-bond donors (Lipinski definition) is 0. The van der Waals surface area contributed by atoms with Crippen molar-refractivity contribution in [3.8, 4) is 0 Å². The zero-order valence-corrected chi connectivity index (χ0v) is 65.2. The summed E-state index contributed by atoms with van der Waals surface area (Å²) in [5.74, 6) is -10.2. The van der Waals surface area contributed by atoms with Crippen LogP contribution in [-0.2, 0) is 138 Å². The van der Waals surface area contributed by atoms with Crippen LogP contribution in [0.4, 0.5) is 0 Å². The molecule has 16 rings (SSSR count). The van der Waals surface area contributed by atoms with Crippen molar-refractivity contribution in [1.82, 2.24) is 0 Å². The molecule has 0 N–H and O–H groups in total. The van der Waals surface area contributed by atoms with Gasteiger partial charge in [-0.1, -0.05) is 69.2 Å². The van der Waals surface area contributed by atoms with Crippen LogP contribution in [0, 0.1) is 130 Å². The van der Waals surface area contributed by atoms with E-state index in [0.717, 1.165) is 32.1 Å². The van der Waals surface area contributed by atoms with Crippen LogP contribution in [0.5, 0.6) is 0 Å². The maximum atomic E-state index is 12.8. The molecule has 29 nitrogen and oxygen atoms in total. The van der Waals surface area contributed by atoms with Gasteiger partial charge in [0.1, 0.15) is 66.6 Å². The molecule has 0 radical (unpaired) electrons. The highest BCUT2D eigenvalue weighted by atomic mass is 16.7. The lowest BCUT2D eigenvalue weighted by Crippen LogP contribution is -2.45. The van der Waals surface area contributed by atoms with Gasteiger partial charge in [0.25, 0.3) is 0 Å². The van der Waals surface area contributed by atoms with Gasteiger partial charge in [0.2, 0.25) is 0 Å². The van der Waals surface area contributed by atoms with Gasteiger partial charge in [-0.2, -0.15) is 0 Å². The quantitative estimate of drug-likeness (QED) is 0.0807. The van der Waals surface area contributed by atoms with Gasteiger partial charge >= 0.3 is 83.6 Å². The first-order valence-corrected chi connectivity index (χ1v) is 40.1. The lowest BCUT2D eigenvalue weighted by molar-refractivity contribution is -0.173. The number of carbonyl (C=O) groups is 14. The Bertz CT molecular complexity index is 3540. The van der Waals surface area contributed by atoms with Crippen LogP contribution in [0.1, 0.15) is 187 Å². The molecule has 7 aliphatic heterocycles. The molecule has 0 amide bonds. The van der Waals surface area contributed by atoms with Gasteiger partial charge in [0.05, 0.1) is 103 Å². The van der Waals surface area contributed by atoms with Crippen LogP contribution in [-0.4, -0.2) is 182 Å². The predicted octanol–water partition coefficient (Wildman–Crippen LogP) is 7.23. The average Bonchev–Trinajstić information content (AvgIpc) is 1.57. The minimum atomic E-state index is -0.621. The Morgan fingerprint density at radius 3 is 1.01 bits per heavy atom. The van der Waals surface area contributed by atoms with Crippen molar-refractivity contribution < 1.29 is 138 Å². The number of esters is 14. The molecule has 109 heavy (non-hydrogen) atoms. The third-order valence-electron chi connectivity index (χ3n) is 26.9. The molecule has 7 saturated heterocycles. The molecule has 29 heteroatoms. The first kappa shape index (κ1) is 81.0. The third-order valence-corrected chi connectivity index (χ3v) is 26.9. The maximum absolute atomic E-state index is 12.8. The number of fused-ring (bicyclic) bond motifs is 5. The number of ether oxygens (including phenoxy) is 15. The molecule has 0 aromatic carbocycles. The van der Waals surface area contributed by atoms with Crippen molar-refractivity contribution in [3.63, 3.8) is 0 Å². The number of carbonyl (C=O) groups excluding carboxylic acids is 14. The number of methoxy groups -OCH3 is 1. The van der Waals surface area contributed by atoms with E-state index in [1.807, 2.05) is 62.3 Å². The summed E-state index contributed by atoms with van der Waals surface area (Å²) < 4.78 is 81.7. The molecule has 10 bridgehead atoms. The van der Waals surface area contributed by atoms with Crippen LogP contribution in [0.25, 0.3) is 0 Å². The van der Waals surface area contributed by atoms with Gasteiger partial charge in [0.15, 0.2) is 12.2 Å². The van der Waals surface area contributed by atoms with Gasteiger partial charge in [-0.05, 0) is 118 Å². The summed E-state index contributed by atoms with van der Waals surface area (Å²) in [5, 5.41) is 0. The average molecular weight is 1540 g/mol. The van der Waals surface area contributed by atoms with E-state index in [-0.39, 0.29) is 210 Å². The number of rotatable bonds is 21. The summed E-state index contributed by atoms with van der Waals surface area (Å²) in [5.41, 5.74) is -0.621. The van der Waals surface area contributed by atoms with Gasteiger partial charge < -0.3 is 71.1 Å². The Labute approximate surface area is 634 Å². The lowest BCUT2D eigenvalue weighted by Gasteiger charge is -2.32. The van der Waals surface area contributed by atoms with E-state index in [4.69, 9.17) is 71.1 Å². The van der Waals surface area contributed by atoms with Crippen LogP contribution in [0.15, 0.2) is 0 Å². The van der Waals surface area contributed by atoms with Gasteiger partial charge in [-0.25, -0.2) is 0 Å². The topological polar surface area (TPSA) is 377 Å². The molecule has 604 valence electrons. The van der Waals surface area contributed by atoms with E-state index < -0.39 is 95.5 Å². The molecule has 7 heterocycles. The van der Waals surface area contributed by atoms with Gasteiger partial charge in [-0.15, -0.1) is 0 Å². The van der Waals surface area contributed by atoms with E-state index in [1.54, 1.807) is 34.6 Å². The molecule has 9 aliphatic carbocycles. The van der Waals surface area contributed by atoms with Crippen LogP contribution >= 0.6 is 0 Å². The largest absolute Gasteiger partial charge is 0.469 e. The first-order chi connectivity index (χ1) is 51.7. The molecular weight excluding hydrogens is 1420 g/mol. The third kappa shape index (κ3) is 15.0. The molecule has 34 atom stereocenters. The van der Waals surface area contributed by atoms with Crippen molar-refractivity contribution >= 4 is 83.6 Å². The summed E-state index contributed by atoms with van der Waals surface area (Å²) >= 11 is 0. The molecule has 34 unspecified atom stereocenters. The Hall–Kier alpha value is -7.46. The fourth-order valence-corrected chi connectivity index (χ4v) is 20.3. The van der Waals surface area contributed by atoms with Crippen LogP contribution in [0.3, 0.4) is 0 Å². The standard InChI is InChI=1S/C19H26O6.C18H26O6.C16H22O6.C15H20O6.C12H16O5/c1-3-9(2)17(20)24-15-11-8-12-14(19(22)25-16(12)15)13(11)18(21)23-10-6-4-5-7-10;1-6-8(2)15(19)22-13-10-7-9-11(16(20)23-14(9)13)12(10)17(21)24-18(3,4)5;1-4-7(3)14(17)21-12-8-6-9-11(16(19)22-13(9)12)10(8)15(18)20-5-2;1-4-6(2)13(16)20-11-7-5-8-10(9(7)14(17)19-3)15(18)21-12(8)11;1-3-5(2)11(13)16-9-7-4-6-8(15-7)10(9)17-12(6)14/h9-16H,3-8H2,1-2H3;8-14H,6-7H2,1-5H3;7-13H,4-6H2,1-3H3;6-12H,4-5H2,1-3H3;5-10H,3-4H2,1-2H3. The van der Waals surface area contributed by atoms with Crippen LogP contribution in [0.2, 0.25) is 0 Å². The second kappa shape index (κ2) is 32.3. The lowest BCUT2D eigenvalue weighted by atomic mass is 9.78. The first-order valence-electron chi connectivity index (χ1n) is 40.1. The SMILES string of the molecule is CCC(C)C(=O)OC1C2CC3C(=O)OC1C3O2.CCC(C)C(=O)OC1C2CC3C1OC(=O)C3C2C(=O)OC.CCC(C)C(=O)OC1C2CC3C1OC(=O)C3C2C(=O)OC(C)(C)C.CCC(C)C(=O)OC1C2CC3C1OC(=O)C3C2C(=O)OC1CCCC1.CCOC(=O)C1C2CC3C(OC(=O)C31)C2OC(=O)C(C)CC. The minimum Gasteiger partial charge on any atom is -0.469 e. The van der Waals surface area contributed by atoms with Crippen molar-refractivity contribution in [1.29, 1.82) is 0 Å². The summed E-state index contributed by atoms with van der Waals surface area (Å²) in [4.78, 5) is 170. The summed E-state index contributed by atoms with van der Waals surface area (Å²) in [7, 11) is 1.31.